The van der Waals surface area contributed by atoms with Gasteiger partial charge in [0, 0.05) is 48.6 Å². The molecule has 0 aliphatic carbocycles. The van der Waals surface area contributed by atoms with Crippen molar-refractivity contribution in [3.05, 3.63) is 219 Å². The van der Waals surface area contributed by atoms with Crippen LogP contribution in [0.3, 0.4) is 0 Å². The maximum absolute atomic E-state index is 5.22. The molecular formula is C58H36N4S. The van der Waals surface area contributed by atoms with Crippen LogP contribution in [0.5, 0.6) is 0 Å². The van der Waals surface area contributed by atoms with E-state index in [4.69, 9.17) is 9.97 Å². The first-order valence-electron chi connectivity index (χ1n) is 21.3. The Kier molecular flexibility index (Phi) is 8.05. The number of hydrogen-bond acceptors (Lipinski definition) is 3. The topological polar surface area (TPSA) is 35.6 Å². The van der Waals surface area contributed by atoms with Crippen LogP contribution in [0.25, 0.3) is 120 Å². The Morgan fingerprint density at radius 2 is 0.778 bits per heavy atom. The van der Waals surface area contributed by atoms with Gasteiger partial charge in [-0.3, -0.25) is 4.98 Å². The summed E-state index contributed by atoms with van der Waals surface area (Å²) in [7, 11) is 0. The highest BCUT2D eigenvalue weighted by atomic mass is 32.1. The highest BCUT2D eigenvalue weighted by Crippen LogP contribution is 2.40. The number of thiophene rings is 1. The van der Waals surface area contributed by atoms with Gasteiger partial charge in [-0.15, -0.1) is 11.3 Å². The van der Waals surface area contributed by atoms with Crippen LogP contribution >= 0.6 is 11.3 Å². The largest absolute Gasteiger partial charge is 0.309 e. The van der Waals surface area contributed by atoms with Crippen LogP contribution in [0.4, 0.5) is 0 Å². The maximum atomic E-state index is 5.22. The molecule has 0 bridgehead atoms. The third-order valence-electron chi connectivity index (χ3n) is 12.6. The monoisotopic (exact) mass is 820 g/mol. The van der Waals surface area contributed by atoms with E-state index in [1.807, 2.05) is 6.20 Å². The first-order valence-corrected chi connectivity index (χ1v) is 22.1. The van der Waals surface area contributed by atoms with E-state index in [0.29, 0.717) is 0 Å². The average Bonchev–Trinajstić information content (AvgIpc) is 4.01. The molecule has 0 fully saturated rings. The molecule has 0 amide bonds. The fraction of sp³-hybridized carbons (Fsp3) is 0. The molecule has 13 rings (SSSR count). The van der Waals surface area contributed by atoms with Crippen LogP contribution in [0.1, 0.15) is 0 Å². The minimum absolute atomic E-state index is 0.870. The minimum atomic E-state index is 0.870. The molecule has 4 aromatic heterocycles. The second-order valence-corrected chi connectivity index (χ2v) is 17.3. The smallest absolute Gasteiger partial charge is 0.143 e. The minimum Gasteiger partial charge on any atom is -0.309 e. The molecule has 0 saturated carbocycles. The van der Waals surface area contributed by atoms with Crippen molar-refractivity contribution >= 4 is 75.4 Å². The van der Waals surface area contributed by atoms with E-state index in [-0.39, 0.29) is 0 Å². The summed E-state index contributed by atoms with van der Waals surface area (Å²) in [4.78, 5) is 11.2. The van der Waals surface area contributed by atoms with Gasteiger partial charge in [-0.25, -0.2) is 4.98 Å². The van der Waals surface area contributed by atoms with Crippen LogP contribution in [0.2, 0.25) is 0 Å². The molecule has 5 heteroatoms. The average molecular weight is 821 g/mol. The summed E-state index contributed by atoms with van der Waals surface area (Å²) in [6, 6.07) is 76.6. The van der Waals surface area contributed by atoms with Crippen molar-refractivity contribution in [2.45, 2.75) is 0 Å². The molecule has 0 unspecified atom stereocenters. The first kappa shape index (κ1) is 35.6. The number of hydrogen-bond donors (Lipinski definition) is 0. The van der Waals surface area contributed by atoms with Crippen molar-refractivity contribution < 1.29 is 0 Å². The molecule has 0 aliphatic heterocycles. The fourth-order valence-electron chi connectivity index (χ4n) is 9.61. The Hall–Kier alpha value is -8.12. The Bertz CT molecular complexity index is 3910. The van der Waals surface area contributed by atoms with E-state index < -0.39 is 0 Å². The molecule has 4 heterocycles. The van der Waals surface area contributed by atoms with Crippen molar-refractivity contribution in [1.82, 2.24) is 19.1 Å². The molecule has 0 N–H and O–H groups in total. The second kappa shape index (κ2) is 14.2. The SMILES string of the molecule is c1ccc(-n2c3ccccc3c3cc(-c4cccc(-c5ccc6sc7nc(-c8cccc(-c9ccc%10c(c9)c9ccccc9n%10-c9ccccc9)c8)cnc7c6c5)c4)ccc32)cc1. The van der Waals surface area contributed by atoms with E-state index in [1.54, 1.807) is 11.3 Å². The van der Waals surface area contributed by atoms with Gasteiger partial charge in [0.15, 0.2) is 0 Å². The summed E-state index contributed by atoms with van der Waals surface area (Å²) in [6.07, 6.45) is 1.93. The molecule has 294 valence electrons. The van der Waals surface area contributed by atoms with Crippen LogP contribution < -0.4 is 0 Å². The normalized spacial score (nSPS) is 11.8. The van der Waals surface area contributed by atoms with Gasteiger partial charge < -0.3 is 9.13 Å². The molecule has 0 atom stereocenters. The molecule has 0 saturated heterocycles. The van der Waals surface area contributed by atoms with E-state index in [9.17, 15) is 0 Å². The second-order valence-electron chi connectivity index (χ2n) is 16.2. The lowest BCUT2D eigenvalue weighted by atomic mass is 9.97. The zero-order chi connectivity index (χ0) is 41.4. The molecule has 0 spiro atoms. The van der Waals surface area contributed by atoms with Gasteiger partial charge >= 0.3 is 0 Å². The van der Waals surface area contributed by atoms with Crippen LogP contribution in [0.15, 0.2) is 219 Å². The van der Waals surface area contributed by atoms with E-state index in [1.165, 1.54) is 76.3 Å². The molecule has 9 aromatic carbocycles. The summed E-state index contributed by atoms with van der Waals surface area (Å²) >= 11 is 1.70. The van der Waals surface area contributed by atoms with Gasteiger partial charge in [-0.1, -0.05) is 127 Å². The number of fused-ring (bicyclic) bond motifs is 9. The maximum Gasteiger partial charge on any atom is 0.143 e. The highest BCUT2D eigenvalue weighted by molar-refractivity contribution is 7.25. The number of nitrogens with zero attached hydrogens (tertiary/aromatic N) is 4. The zero-order valence-electron chi connectivity index (χ0n) is 34.0. The standard InChI is InChI=1S/C58H36N4S/c1-3-17-44(18-4-1)61-52-23-9-7-21-46(52)48-33-40(25-28-54(48)61)37-13-11-14-38(31-37)42-27-30-56-50(35-42)57-58(63-56)60-51(36-59-57)43-16-12-15-39(32-43)41-26-29-55-49(34-41)47-22-8-10-24-53(47)62(55)45-19-5-2-6-20-45/h1-36H. The molecular weight excluding hydrogens is 785 g/mol. The van der Waals surface area contributed by atoms with Crippen molar-refractivity contribution in [2.24, 2.45) is 0 Å². The van der Waals surface area contributed by atoms with Crippen LogP contribution in [0, 0.1) is 0 Å². The van der Waals surface area contributed by atoms with E-state index in [0.717, 1.165) is 43.8 Å². The van der Waals surface area contributed by atoms with E-state index >= 15 is 0 Å². The molecule has 0 aliphatic rings. The van der Waals surface area contributed by atoms with Gasteiger partial charge in [-0.05, 0) is 118 Å². The summed E-state index contributed by atoms with van der Waals surface area (Å²) in [6.45, 7) is 0. The number of benzene rings is 9. The van der Waals surface area contributed by atoms with E-state index in [2.05, 4.69) is 221 Å². The summed E-state index contributed by atoms with van der Waals surface area (Å²) in [5.41, 5.74) is 17.0. The van der Waals surface area contributed by atoms with Crippen molar-refractivity contribution in [2.75, 3.05) is 0 Å². The third-order valence-corrected chi connectivity index (χ3v) is 13.6. The molecule has 0 radical (unpaired) electrons. The van der Waals surface area contributed by atoms with Gasteiger partial charge in [0.05, 0.1) is 34.0 Å². The summed E-state index contributed by atoms with van der Waals surface area (Å²) < 4.78 is 5.90. The highest BCUT2D eigenvalue weighted by Gasteiger charge is 2.17. The molecule has 63 heavy (non-hydrogen) atoms. The number of para-hydroxylation sites is 4. The lowest BCUT2D eigenvalue weighted by Gasteiger charge is -2.09. The van der Waals surface area contributed by atoms with Gasteiger partial charge in [0.25, 0.3) is 0 Å². The zero-order valence-corrected chi connectivity index (χ0v) is 34.8. The molecule has 13 aromatic rings. The van der Waals surface area contributed by atoms with Gasteiger partial charge in [-0.2, -0.15) is 0 Å². The Morgan fingerprint density at radius 1 is 0.333 bits per heavy atom. The van der Waals surface area contributed by atoms with Gasteiger partial charge in [0.2, 0.25) is 0 Å². The quantitative estimate of drug-likeness (QED) is 0.167. The fourth-order valence-corrected chi connectivity index (χ4v) is 10.6. The summed E-state index contributed by atoms with van der Waals surface area (Å²) in [5, 5.41) is 6.11. The van der Waals surface area contributed by atoms with Gasteiger partial charge in [0.1, 0.15) is 10.3 Å². The first-order chi connectivity index (χ1) is 31.2. The van der Waals surface area contributed by atoms with Crippen molar-refractivity contribution in [3.8, 4) is 56.0 Å². The summed E-state index contributed by atoms with van der Waals surface area (Å²) in [5.74, 6) is 0. The third kappa shape index (κ3) is 5.82. The Balaban J connectivity index is 0.832. The lowest BCUT2D eigenvalue weighted by Crippen LogP contribution is -1.92. The van der Waals surface area contributed by atoms with Crippen molar-refractivity contribution in [1.29, 1.82) is 0 Å². The lowest BCUT2D eigenvalue weighted by molar-refractivity contribution is 1.18. The molecule has 4 nitrogen and oxygen atoms in total. The predicted molar refractivity (Wildman–Crippen MR) is 265 cm³/mol. The van der Waals surface area contributed by atoms with Crippen molar-refractivity contribution in [3.63, 3.8) is 0 Å². The number of aromatic nitrogens is 4. The van der Waals surface area contributed by atoms with Crippen LogP contribution in [-0.4, -0.2) is 19.1 Å². The Labute approximate surface area is 367 Å². The Morgan fingerprint density at radius 3 is 1.35 bits per heavy atom. The predicted octanol–water partition coefficient (Wildman–Crippen LogP) is 15.7. The van der Waals surface area contributed by atoms with Crippen LogP contribution in [-0.2, 0) is 0 Å². The number of rotatable bonds is 6.